The van der Waals surface area contributed by atoms with E-state index in [4.69, 9.17) is 24.7 Å². The van der Waals surface area contributed by atoms with Crippen LogP contribution in [-0.2, 0) is 18.9 Å². The monoisotopic (exact) mass is 371 g/mol. The van der Waals surface area contributed by atoms with Crippen molar-refractivity contribution < 1.29 is 28.5 Å². The Morgan fingerprint density at radius 2 is 1.52 bits per heavy atom. The molecule has 2 aromatic carbocycles. The molecule has 1 heterocycles. The van der Waals surface area contributed by atoms with E-state index in [-0.39, 0.29) is 6.61 Å². The van der Waals surface area contributed by atoms with Crippen LogP contribution in [0, 0.1) is 0 Å². The fourth-order valence-electron chi connectivity index (χ4n) is 2.83. The summed E-state index contributed by atoms with van der Waals surface area (Å²) < 4.78 is 21.7. The van der Waals surface area contributed by atoms with Gasteiger partial charge in [0.25, 0.3) is 0 Å². The van der Waals surface area contributed by atoms with Crippen molar-refractivity contribution in [3.63, 3.8) is 0 Å². The minimum Gasteiger partial charge on any atom is -0.459 e. The molecule has 7 heteroatoms. The van der Waals surface area contributed by atoms with Gasteiger partial charge in [0.15, 0.2) is 12.4 Å². The molecule has 0 spiro atoms. The van der Waals surface area contributed by atoms with Crippen molar-refractivity contribution in [3.05, 3.63) is 71.8 Å². The van der Waals surface area contributed by atoms with Gasteiger partial charge in [0.2, 0.25) is 0 Å². The van der Waals surface area contributed by atoms with E-state index in [2.05, 4.69) is 0 Å². The Labute approximate surface area is 157 Å². The second-order valence-electron chi connectivity index (χ2n) is 6.06. The maximum Gasteiger partial charge on any atom is 0.338 e. The molecule has 27 heavy (non-hydrogen) atoms. The molecule has 1 fully saturated rings. The quantitative estimate of drug-likeness (QED) is 0.773. The Morgan fingerprint density at radius 3 is 2.07 bits per heavy atom. The van der Waals surface area contributed by atoms with Crippen LogP contribution in [0.25, 0.3) is 0 Å². The van der Waals surface area contributed by atoms with Crippen molar-refractivity contribution >= 4 is 11.9 Å². The maximum absolute atomic E-state index is 12.4. The van der Waals surface area contributed by atoms with E-state index in [9.17, 15) is 9.59 Å². The molecule has 0 radical (unpaired) electrons. The first-order valence-electron chi connectivity index (χ1n) is 8.52. The molecule has 0 bridgehead atoms. The molecule has 2 N–H and O–H groups in total. The summed E-state index contributed by atoms with van der Waals surface area (Å²) in [6, 6.07) is 16.4. The predicted molar refractivity (Wildman–Crippen MR) is 96.0 cm³/mol. The fourth-order valence-corrected chi connectivity index (χ4v) is 2.83. The van der Waals surface area contributed by atoms with Crippen molar-refractivity contribution in [1.82, 2.24) is 0 Å². The van der Waals surface area contributed by atoms with Crippen LogP contribution >= 0.6 is 0 Å². The largest absolute Gasteiger partial charge is 0.459 e. The molecule has 0 aromatic heterocycles. The summed E-state index contributed by atoms with van der Waals surface area (Å²) in [5, 5.41) is 0. The van der Waals surface area contributed by atoms with E-state index in [1.807, 2.05) is 0 Å². The highest BCUT2D eigenvalue weighted by Gasteiger charge is 2.46. The number of methoxy groups -OCH3 is 1. The Kier molecular flexibility index (Phi) is 6.18. The average molecular weight is 371 g/mol. The average Bonchev–Trinajstić information content (AvgIpc) is 3.02. The van der Waals surface area contributed by atoms with Crippen LogP contribution < -0.4 is 5.73 Å². The summed E-state index contributed by atoms with van der Waals surface area (Å²) in [5.41, 5.74) is 6.91. The summed E-state index contributed by atoms with van der Waals surface area (Å²) in [6.45, 7) is -0.117. The predicted octanol–water partition coefficient (Wildman–Crippen LogP) is 1.77. The number of hydrogen-bond acceptors (Lipinski definition) is 7. The molecule has 142 valence electrons. The van der Waals surface area contributed by atoms with Crippen LogP contribution in [-0.4, -0.2) is 50.2 Å². The molecular formula is C20H21NO6. The molecule has 7 nitrogen and oxygen atoms in total. The van der Waals surface area contributed by atoms with Gasteiger partial charge in [-0.25, -0.2) is 9.59 Å². The number of benzene rings is 2. The van der Waals surface area contributed by atoms with Gasteiger partial charge in [-0.15, -0.1) is 0 Å². The van der Waals surface area contributed by atoms with E-state index in [0.29, 0.717) is 11.1 Å². The molecule has 0 unspecified atom stereocenters. The lowest BCUT2D eigenvalue weighted by Crippen LogP contribution is -2.45. The molecular weight excluding hydrogens is 350 g/mol. The number of ether oxygens (including phenoxy) is 4. The van der Waals surface area contributed by atoms with Gasteiger partial charge in [-0.3, -0.25) is 0 Å². The van der Waals surface area contributed by atoms with E-state index in [1.165, 1.54) is 7.11 Å². The number of carbonyl (C=O) groups is 2. The standard InChI is InChI=1S/C20H21NO6/c1-24-20-16(21)17(27-19(23)14-10-6-3-7-11-14)15(26-20)12-25-18(22)13-8-4-2-5-9-13/h2-11,15-17,20H,12,21H2,1H3/t15-,16-,17-,20-/m1/s1. The number of esters is 2. The highest BCUT2D eigenvalue weighted by atomic mass is 16.7. The van der Waals surface area contributed by atoms with Gasteiger partial charge < -0.3 is 24.7 Å². The number of rotatable bonds is 6. The van der Waals surface area contributed by atoms with Gasteiger partial charge in [-0.05, 0) is 24.3 Å². The first kappa shape index (κ1) is 19.0. The van der Waals surface area contributed by atoms with E-state index in [0.717, 1.165) is 0 Å². The van der Waals surface area contributed by atoms with Gasteiger partial charge in [-0.1, -0.05) is 36.4 Å². The first-order valence-corrected chi connectivity index (χ1v) is 8.52. The van der Waals surface area contributed by atoms with Gasteiger partial charge in [0.1, 0.15) is 12.7 Å². The Bertz CT molecular complexity index is 767. The second kappa shape index (κ2) is 8.77. The van der Waals surface area contributed by atoms with E-state index >= 15 is 0 Å². The summed E-state index contributed by atoms with van der Waals surface area (Å²) in [6.07, 6.45) is -2.31. The number of hydrogen-bond donors (Lipinski definition) is 1. The number of nitrogens with two attached hydrogens (primary N) is 1. The topological polar surface area (TPSA) is 97.1 Å². The molecule has 1 saturated heterocycles. The minimum absolute atomic E-state index is 0.117. The van der Waals surface area contributed by atoms with Crippen molar-refractivity contribution in [2.24, 2.45) is 5.73 Å². The Balaban J connectivity index is 1.66. The van der Waals surface area contributed by atoms with Gasteiger partial charge in [-0.2, -0.15) is 0 Å². The third-order valence-corrected chi connectivity index (χ3v) is 4.24. The zero-order valence-electron chi connectivity index (χ0n) is 14.8. The lowest BCUT2D eigenvalue weighted by atomic mass is 10.1. The molecule has 1 aliphatic heterocycles. The summed E-state index contributed by atoms with van der Waals surface area (Å²) in [4.78, 5) is 24.5. The smallest absolute Gasteiger partial charge is 0.338 e. The molecule has 4 atom stereocenters. The van der Waals surface area contributed by atoms with Crippen molar-refractivity contribution in [2.45, 2.75) is 24.5 Å². The molecule has 0 saturated carbocycles. The molecule has 0 aliphatic carbocycles. The van der Waals surface area contributed by atoms with Crippen LogP contribution in [0.15, 0.2) is 60.7 Å². The summed E-state index contributed by atoms with van der Waals surface area (Å²) in [7, 11) is 1.44. The highest BCUT2D eigenvalue weighted by Crippen LogP contribution is 2.25. The Hall–Kier alpha value is -2.74. The lowest BCUT2D eigenvalue weighted by molar-refractivity contribution is -0.131. The SMILES string of the molecule is CO[C@@H]1O[C@H](COC(=O)c2ccccc2)[C@@H](OC(=O)c2ccccc2)[C@H]1N. The van der Waals surface area contributed by atoms with Gasteiger partial charge >= 0.3 is 11.9 Å². The maximum atomic E-state index is 12.4. The van der Waals surface area contributed by atoms with Crippen LogP contribution in [0.4, 0.5) is 0 Å². The van der Waals surface area contributed by atoms with Gasteiger partial charge in [0, 0.05) is 7.11 Å². The lowest BCUT2D eigenvalue weighted by Gasteiger charge is -2.21. The van der Waals surface area contributed by atoms with Gasteiger partial charge in [0.05, 0.1) is 17.2 Å². The number of carbonyl (C=O) groups excluding carboxylic acids is 2. The minimum atomic E-state index is -0.814. The van der Waals surface area contributed by atoms with Crippen LogP contribution in [0.2, 0.25) is 0 Å². The molecule has 0 amide bonds. The molecule has 2 aromatic rings. The van der Waals surface area contributed by atoms with Crippen LogP contribution in [0.1, 0.15) is 20.7 Å². The third-order valence-electron chi connectivity index (χ3n) is 4.24. The first-order chi connectivity index (χ1) is 13.1. The van der Waals surface area contributed by atoms with Crippen molar-refractivity contribution in [1.29, 1.82) is 0 Å². The van der Waals surface area contributed by atoms with Crippen LogP contribution in [0.3, 0.4) is 0 Å². The summed E-state index contributed by atoms with van der Waals surface area (Å²) >= 11 is 0. The zero-order valence-corrected chi connectivity index (χ0v) is 14.8. The fraction of sp³-hybridized carbons (Fsp3) is 0.300. The Morgan fingerprint density at radius 1 is 0.963 bits per heavy atom. The molecule has 1 aliphatic rings. The van der Waals surface area contributed by atoms with E-state index < -0.39 is 36.5 Å². The highest BCUT2D eigenvalue weighted by molar-refractivity contribution is 5.90. The molecule has 3 rings (SSSR count). The van der Waals surface area contributed by atoms with Crippen LogP contribution in [0.5, 0.6) is 0 Å². The van der Waals surface area contributed by atoms with Crippen molar-refractivity contribution in [2.75, 3.05) is 13.7 Å². The third kappa shape index (κ3) is 4.51. The van der Waals surface area contributed by atoms with E-state index in [1.54, 1.807) is 60.7 Å². The summed E-state index contributed by atoms with van der Waals surface area (Å²) in [5.74, 6) is -1.03. The van der Waals surface area contributed by atoms with Crippen molar-refractivity contribution in [3.8, 4) is 0 Å². The second-order valence-corrected chi connectivity index (χ2v) is 6.06. The normalized spacial score (nSPS) is 24.4. The zero-order chi connectivity index (χ0) is 19.2.